The van der Waals surface area contributed by atoms with Gasteiger partial charge in [-0.15, -0.1) is 11.8 Å². The van der Waals surface area contributed by atoms with Gasteiger partial charge in [0.25, 0.3) is 1.43 Å². The summed E-state index contributed by atoms with van der Waals surface area (Å²) in [5.74, 6) is 0.843. The minimum atomic E-state index is -0.355. The van der Waals surface area contributed by atoms with Gasteiger partial charge in [-0.2, -0.15) is 0 Å². The normalized spacial score (nSPS) is 18.0. The van der Waals surface area contributed by atoms with Crippen molar-refractivity contribution in [2.75, 3.05) is 0 Å². The van der Waals surface area contributed by atoms with Gasteiger partial charge >= 0.3 is 0 Å². The highest BCUT2D eigenvalue weighted by atomic mass is 127. The molecule has 0 saturated carbocycles. The van der Waals surface area contributed by atoms with Crippen LogP contribution in [0.2, 0.25) is 0 Å². The first-order chi connectivity index (χ1) is 14.5. The largest absolute Gasteiger partial charge is 0.508 e. The quantitative estimate of drug-likeness (QED) is 0.261. The number of benzene rings is 3. The Morgan fingerprint density at radius 2 is 1.69 bits per heavy atom. The Labute approximate surface area is 194 Å². The molecule has 0 radical (unpaired) electrons. The standard InChI is InChI=1S/C21H17FO3S.IPS/c1-12-10-17(22)21-18(11-12)25-19(13-2-6-15(23)7-3-13)20(26-21)14-4-8-16(24)9-5-14;1-2-3/h2-11,19-20,23-24H,1H3;/t19-,20+;/m1./s1/i/hT. The second-order valence-electron chi connectivity index (χ2n) is 6.38. The number of halogens is 2. The minimum Gasteiger partial charge on any atom is -0.508 e. The van der Waals surface area contributed by atoms with Gasteiger partial charge in [-0.3, -0.25) is 0 Å². The summed E-state index contributed by atoms with van der Waals surface area (Å²) in [6.07, 6.45) is -0.355. The van der Waals surface area contributed by atoms with Crippen LogP contribution in [0.3, 0.4) is 0 Å². The van der Waals surface area contributed by atoms with Gasteiger partial charge in [0.15, 0.2) is 0 Å². The second kappa shape index (κ2) is 10.1. The van der Waals surface area contributed by atoms with E-state index in [0.717, 1.165) is 21.7 Å². The fourth-order valence-electron chi connectivity index (χ4n) is 3.09. The number of phenolic OH excluding ortho intramolecular Hbond substituents is 2. The summed E-state index contributed by atoms with van der Waals surface area (Å²) in [4.78, 5) is 1.46. The van der Waals surface area contributed by atoms with Crippen molar-refractivity contribution in [1.29, 1.82) is 1.43 Å². The highest BCUT2D eigenvalue weighted by Crippen LogP contribution is 2.54. The number of phenols is 2. The summed E-state index contributed by atoms with van der Waals surface area (Å²) < 4.78 is 27.8. The van der Waals surface area contributed by atoms with Crippen molar-refractivity contribution < 1.29 is 19.3 Å². The average Bonchev–Trinajstić information content (AvgIpc) is 2.74. The van der Waals surface area contributed by atoms with E-state index >= 15 is 0 Å². The molecule has 3 aromatic carbocycles. The Kier molecular flexibility index (Phi) is 7.24. The van der Waals surface area contributed by atoms with Crippen molar-refractivity contribution in [1.82, 2.24) is 0 Å². The molecule has 0 unspecified atom stereocenters. The Balaban J connectivity index is 0.000000806. The molecule has 0 amide bonds. The summed E-state index contributed by atoms with van der Waals surface area (Å²) in [5.41, 5.74) is 2.62. The maximum atomic E-state index is 14.5. The number of aryl methyl sites for hydroxylation is 1. The first kappa shape index (κ1) is 20.8. The topological polar surface area (TPSA) is 49.7 Å². The minimum absolute atomic E-state index is 0.179. The van der Waals surface area contributed by atoms with Crippen LogP contribution in [-0.2, 0) is 11.8 Å². The summed E-state index contributed by atoms with van der Waals surface area (Å²) in [5, 5.41) is 13.9. The van der Waals surface area contributed by atoms with Crippen molar-refractivity contribution in [3.63, 3.8) is 0 Å². The number of aromatic hydroxyl groups is 2. The molecule has 0 fully saturated rings. The molecule has 0 spiro atoms. The van der Waals surface area contributed by atoms with Crippen molar-refractivity contribution in [2.45, 2.75) is 23.2 Å². The van der Waals surface area contributed by atoms with Gasteiger partial charge in [0.2, 0.25) is 0 Å². The number of hydrogen-bond acceptors (Lipinski definition) is 5. The van der Waals surface area contributed by atoms with E-state index in [2.05, 4.69) is 39.0 Å². The van der Waals surface area contributed by atoms with Crippen molar-refractivity contribution in [2.24, 2.45) is 0 Å². The van der Waals surface area contributed by atoms with E-state index in [4.69, 9.17) is 6.17 Å². The molecule has 0 bridgehead atoms. The van der Waals surface area contributed by atoms with Crippen LogP contribution in [0.25, 0.3) is 0 Å². The molecule has 150 valence electrons. The van der Waals surface area contributed by atoms with Gasteiger partial charge in [-0.05, 0) is 93.9 Å². The van der Waals surface area contributed by atoms with E-state index in [9.17, 15) is 9.50 Å². The molecule has 3 nitrogen and oxygen atoms in total. The van der Waals surface area contributed by atoms with Crippen LogP contribution in [-0.4, -0.2) is 11.6 Å². The third kappa shape index (κ3) is 5.40. The molecule has 1 aliphatic rings. The maximum Gasteiger partial charge on any atom is 0.293 e. The first-order valence-electron chi connectivity index (χ1n) is 8.96. The molecule has 29 heavy (non-hydrogen) atoms. The highest BCUT2D eigenvalue weighted by Gasteiger charge is 2.35. The zero-order valence-electron chi connectivity index (χ0n) is 16.2. The monoisotopic (exact) mass is 560 g/mol. The third-order valence-corrected chi connectivity index (χ3v) is 5.76. The summed E-state index contributed by atoms with van der Waals surface area (Å²) in [7, 11) is 0. The highest BCUT2D eigenvalue weighted by molar-refractivity contribution is 14.2. The predicted octanol–water partition coefficient (Wildman–Crippen LogP) is 7.26. The third-order valence-electron chi connectivity index (χ3n) is 4.36. The number of hydrogen-bond donors (Lipinski definition) is 2. The van der Waals surface area contributed by atoms with Gasteiger partial charge < -0.3 is 15.0 Å². The van der Waals surface area contributed by atoms with Crippen LogP contribution < -0.4 is 4.74 Å². The fraction of sp³-hybridized carbons (Fsp3) is 0.143. The summed E-state index contributed by atoms with van der Waals surface area (Å²) >= 11 is 7.84. The van der Waals surface area contributed by atoms with Crippen molar-refractivity contribution in [3.05, 3.63) is 83.2 Å². The number of thioether (sulfide) groups is 1. The lowest BCUT2D eigenvalue weighted by Gasteiger charge is -2.34. The van der Waals surface area contributed by atoms with Crippen LogP contribution in [0.15, 0.2) is 65.6 Å². The Morgan fingerprint density at radius 1 is 1.10 bits per heavy atom. The summed E-state index contributed by atoms with van der Waals surface area (Å²) in [6, 6.07) is 17.3. The molecule has 4 rings (SSSR count). The molecule has 3 aromatic rings. The van der Waals surface area contributed by atoms with Crippen molar-refractivity contribution >= 4 is 50.6 Å². The number of fused-ring (bicyclic) bond motifs is 1. The van der Waals surface area contributed by atoms with E-state index in [-0.39, 0.29) is 22.9 Å². The second-order valence-corrected chi connectivity index (χ2v) is 11.6. The van der Waals surface area contributed by atoms with Gasteiger partial charge in [0.05, 0.1) is 10.1 Å². The van der Waals surface area contributed by atoms with E-state index < -0.39 is 0 Å². The number of rotatable bonds is 3. The zero-order chi connectivity index (χ0) is 21.7. The predicted molar refractivity (Wildman–Crippen MR) is 128 cm³/mol. The Hall–Kier alpha value is -1.41. The molecule has 0 saturated heterocycles. The lowest BCUT2D eigenvalue weighted by Crippen LogP contribution is -2.20. The van der Waals surface area contributed by atoms with E-state index in [1.165, 1.54) is 17.8 Å². The van der Waals surface area contributed by atoms with Crippen molar-refractivity contribution in [3.8, 4) is 17.2 Å². The van der Waals surface area contributed by atoms with Crippen LogP contribution >= 0.6 is 38.8 Å². The molecule has 0 aromatic heterocycles. The molecule has 0 aliphatic carbocycles. The average molecular weight is 560 g/mol. The lowest BCUT2D eigenvalue weighted by atomic mass is 10.00. The molecule has 2 atom stereocenters. The molecule has 1 aliphatic heterocycles. The van der Waals surface area contributed by atoms with E-state index in [0.29, 0.717) is 16.4 Å². The van der Waals surface area contributed by atoms with Gasteiger partial charge in [0.1, 0.15) is 29.2 Å². The van der Waals surface area contributed by atoms with E-state index in [1.807, 2.05) is 37.3 Å². The Morgan fingerprint density at radius 3 is 2.31 bits per heavy atom. The fourth-order valence-corrected chi connectivity index (χ4v) is 4.37. The van der Waals surface area contributed by atoms with Gasteiger partial charge in [-0.1, -0.05) is 24.3 Å². The molecular formula is C21H17FIO3PS2. The number of ether oxygens (including phenoxy) is 1. The van der Waals surface area contributed by atoms with Crippen LogP contribution in [0.5, 0.6) is 17.2 Å². The van der Waals surface area contributed by atoms with Crippen LogP contribution in [0.1, 0.15) is 28.0 Å². The van der Waals surface area contributed by atoms with E-state index in [1.54, 1.807) is 24.3 Å². The zero-order valence-corrected chi connectivity index (χ0v) is 19.9. The molecule has 1 heterocycles. The molecule has 2 N–H and O–H groups in total. The van der Waals surface area contributed by atoms with Gasteiger partial charge in [-0.25, -0.2) is 4.39 Å². The first-order valence-corrected chi connectivity index (χ1v) is 14.1. The molecule has 8 heteroatoms. The van der Waals surface area contributed by atoms with Crippen LogP contribution in [0, 0.1) is 12.7 Å². The van der Waals surface area contributed by atoms with Gasteiger partial charge in [0, 0.05) is 5.00 Å². The SMILES string of the molecule is S=PI.[3H]Oc1ccc([C@@H]2Sc3c(F)cc(C)cc3O[C@@H]2c2ccc(O)cc2)cc1. The van der Waals surface area contributed by atoms with Crippen LogP contribution in [0.4, 0.5) is 4.39 Å². The maximum absolute atomic E-state index is 14.5. The smallest absolute Gasteiger partial charge is 0.293 e. The Bertz CT molecular complexity index is 1020. The lowest BCUT2D eigenvalue weighted by molar-refractivity contribution is 0.188. The summed E-state index contributed by atoms with van der Waals surface area (Å²) in [6.45, 7) is 1.83. The molecular weight excluding hydrogens is 541 g/mol.